The van der Waals surface area contributed by atoms with E-state index in [9.17, 15) is 0 Å². The van der Waals surface area contributed by atoms with Crippen LogP contribution in [-0.4, -0.2) is 30.6 Å². The van der Waals surface area contributed by atoms with Crippen LogP contribution in [0.3, 0.4) is 0 Å². The van der Waals surface area contributed by atoms with Crippen molar-refractivity contribution >= 4 is 24.8 Å². The molecule has 0 saturated carbocycles. The summed E-state index contributed by atoms with van der Waals surface area (Å²) in [5.74, 6) is 0. The molecule has 1 N–H and O–H groups in total. The van der Waals surface area contributed by atoms with Crippen LogP contribution in [0.15, 0.2) is 30.3 Å². The van der Waals surface area contributed by atoms with Gasteiger partial charge in [-0.3, -0.25) is 4.90 Å². The standard InChI is InChI=1S/C14H22N2.2ClH/c1-2-16(14-8-10-15-11-9-14)12-13-6-4-3-5-7-13;;/h3-7,14-15H,2,8-12H2,1H3;2*1H. The number of nitrogens with one attached hydrogen (secondary N) is 1. The molecule has 18 heavy (non-hydrogen) atoms. The zero-order chi connectivity index (χ0) is 11.2. The Balaban J connectivity index is 0.00000144. The first-order chi connectivity index (χ1) is 7.90. The van der Waals surface area contributed by atoms with Gasteiger partial charge in [0.25, 0.3) is 0 Å². The van der Waals surface area contributed by atoms with Gasteiger partial charge < -0.3 is 5.32 Å². The summed E-state index contributed by atoms with van der Waals surface area (Å²) in [6.07, 6.45) is 2.58. The molecule has 1 aliphatic rings. The van der Waals surface area contributed by atoms with E-state index in [-0.39, 0.29) is 24.8 Å². The Labute approximate surface area is 123 Å². The monoisotopic (exact) mass is 290 g/mol. The summed E-state index contributed by atoms with van der Waals surface area (Å²) >= 11 is 0. The molecule has 1 fully saturated rings. The minimum Gasteiger partial charge on any atom is -0.317 e. The first kappa shape index (κ1) is 17.7. The Bertz CT molecular complexity index is 300. The van der Waals surface area contributed by atoms with Gasteiger partial charge in [0.1, 0.15) is 0 Å². The third-order valence-electron chi connectivity index (χ3n) is 3.46. The molecule has 0 bridgehead atoms. The lowest BCUT2D eigenvalue weighted by atomic mass is 10.0. The number of rotatable bonds is 4. The summed E-state index contributed by atoms with van der Waals surface area (Å²) in [7, 11) is 0. The molecule has 0 aromatic heterocycles. The van der Waals surface area contributed by atoms with Crippen molar-refractivity contribution in [3.63, 3.8) is 0 Å². The summed E-state index contributed by atoms with van der Waals surface area (Å²) in [6.45, 7) is 6.87. The van der Waals surface area contributed by atoms with E-state index in [4.69, 9.17) is 0 Å². The Morgan fingerprint density at radius 1 is 1.11 bits per heavy atom. The summed E-state index contributed by atoms with van der Waals surface area (Å²) in [4.78, 5) is 2.61. The molecule has 1 heterocycles. The van der Waals surface area contributed by atoms with Crippen molar-refractivity contribution in [1.29, 1.82) is 0 Å². The number of benzene rings is 1. The van der Waals surface area contributed by atoms with Crippen LogP contribution in [0.25, 0.3) is 0 Å². The molecule has 1 saturated heterocycles. The van der Waals surface area contributed by atoms with Crippen molar-refractivity contribution < 1.29 is 0 Å². The Morgan fingerprint density at radius 3 is 2.28 bits per heavy atom. The lowest BCUT2D eigenvalue weighted by Crippen LogP contribution is -2.42. The van der Waals surface area contributed by atoms with Crippen LogP contribution in [0.4, 0.5) is 0 Å². The van der Waals surface area contributed by atoms with E-state index in [1.54, 1.807) is 0 Å². The van der Waals surface area contributed by atoms with E-state index in [0.29, 0.717) is 0 Å². The van der Waals surface area contributed by atoms with Crippen molar-refractivity contribution in [2.75, 3.05) is 19.6 Å². The molecule has 0 amide bonds. The fourth-order valence-electron chi connectivity index (χ4n) is 2.49. The molecule has 2 nitrogen and oxygen atoms in total. The highest BCUT2D eigenvalue weighted by atomic mass is 35.5. The number of piperidine rings is 1. The second-order valence-electron chi connectivity index (χ2n) is 4.53. The van der Waals surface area contributed by atoms with Crippen LogP contribution in [-0.2, 0) is 6.54 Å². The van der Waals surface area contributed by atoms with Gasteiger partial charge in [0, 0.05) is 12.6 Å². The highest BCUT2D eigenvalue weighted by Gasteiger charge is 2.19. The first-order valence-electron chi connectivity index (χ1n) is 6.39. The van der Waals surface area contributed by atoms with Crippen molar-refractivity contribution in [1.82, 2.24) is 10.2 Å². The Hall–Kier alpha value is -0.280. The van der Waals surface area contributed by atoms with Crippen molar-refractivity contribution in [3.05, 3.63) is 35.9 Å². The van der Waals surface area contributed by atoms with Crippen molar-refractivity contribution in [2.24, 2.45) is 0 Å². The van der Waals surface area contributed by atoms with E-state index in [1.165, 1.54) is 31.5 Å². The molecular formula is C14H24Cl2N2. The van der Waals surface area contributed by atoms with E-state index < -0.39 is 0 Å². The maximum absolute atomic E-state index is 3.43. The molecule has 1 aromatic carbocycles. The topological polar surface area (TPSA) is 15.3 Å². The summed E-state index contributed by atoms with van der Waals surface area (Å²) in [5, 5.41) is 3.43. The van der Waals surface area contributed by atoms with Crippen LogP contribution < -0.4 is 5.32 Å². The first-order valence-corrected chi connectivity index (χ1v) is 6.39. The largest absolute Gasteiger partial charge is 0.317 e. The fourth-order valence-corrected chi connectivity index (χ4v) is 2.49. The average molecular weight is 291 g/mol. The molecule has 1 aliphatic heterocycles. The zero-order valence-corrected chi connectivity index (χ0v) is 12.6. The molecule has 0 radical (unpaired) electrons. The molecule has 0 unspecified atom stereocenters. The molecule has 2 rings (SSSR count). The van der Waals surface area contributed by atoms with Crippen LogP contribution in [0.2, 0.25) is 0 Å². The highest BCUT2D eigenvalue weighted by molar-refractivity contribution is 5.85. The lowest BCUT2D eigenvalue weighted by molar-refractivity contribution is 0.162. The van der Waals surface area contributed by atoms with Crippen LogP contribution >= 0.6 is 24.8 Å². The van der Waals surface area contributed by atoms with Gasteiger partial charge in [-0.2, -0.15) is 0 Å². The molecule has 1 aromatic rings. The van der Waals surface area contributed by atoms with Crippen LogP contribution in [0.1, 0.15) is 25.3 Å². The Morgan fingerprint density at radius 2 is 1.72 bits per heavy atom. The zero-order valence-electron chi connectivity index (χ0n) is 11.0. The number of halogens is 2. The molecule has 0 aliphatic carbocycles. The van der Waals surface area contributed by atoms with Gasteiger partial charge in [-0.15, -0.1) is 24.8 Å². The van der Waals surface area contributed by atoms with Gasteiger partial charge in [-0.25, -0.2) is 0 Å². The van der Waals surface area contributed by atoms with Crippen LogP contribution in [0, 0.1) is 0 Å². The third-order valence-corrected chi connectivity index (χ3v) is 3.46. The lowest BCUT2D eigenvalue weighted by Gasteiger charge is -2.33. The van der Waals surface area contributed by atoms with Gasteiger partial charge in [-0.05, 0) is 38.0 Å². The number of hydrogen-bond acceptors (Lipinski definition) is 2. The van der Waals surface area contributed by atoms with Gasteiger partial charge in [0.15, 0.2) is 0 Å². The minimum atomic E-state index is 0. The van der Waals surface area contributed by atoms with E-state index in [2.05, 4.69) is 47.5 Å². The quantitative estimate of drug-likeness (QED) is 0.917. The average Bonchev–Trinajstić information content (AvgIpc) is 2.38. The number of hydrogen-bond donors (Lipinski definition) is 1. The third kappa shape index (κ3) is 5.15. The minimum absolute atomic E-state index is 0. The molecule has 0 atom stereocenters. The van der Waals surface area contributed by atoms with Crippen LogP contribution in [0.5, 0.6) is 0 Å². The molecule has 104 valence electrons. The number of nitrogens with zero attached hydrogens (tertiary/aromatic N) is 1. The summed E-state index contributed by atoms with van der Waals surface area (Å²) in [5.41, 5.74) is 1.43. The SMILES string of the molecule is CCN(Cc1ccccc1)C1CCNCC1.Cl.Cl. The van der Waals surface area contributed by atoms with Gasteiger partial charge in [-0.1, -0.05) is 37.3 Å². The fraction of sp³-hybridized carbons (Fsp3) is 0.571. The van der Waals surface area contributed by atoms with E-state index >= 15 is 0 Å². The molecular weight excluding hydrogens is 267 g/mol. The molecule has 0 spiro atoms. The van der Waals surface area contributed by atoms with Crippen molar-refractivity contribution in [2.45, 2.75) is 32.4 Å². The van der Waals surface area contributed by atoms with Crippen molar-refractivity contribution in [3.8, 4) is 0 Å². The summed E-state index contributed by atoms with van der Waals surface area (Å²) < 4.78 is 0. The van der Waals surface area contributed by atoms with Gasteiger partial charge >= 0.3 is 0 Å². The maximum atomic E-state index is 3.43. The van der Waals surface area contributed by atoms with E-state index in [1.807, 2.05) is 0 Å². The Kier molecular flexibility index (Phi) is 9.47. The highest BCUT2D eigenvalue weighted by Crippen LogP contribution is 2.15. The maximum Gasteiger partial charge on any atom is 0.0236 e. The molecule has 4 heteroatoms. The van der Waals surface area contributed by atoms with E-state index in [0.717, 1.165) is 19.1 Å². The predicted molar refractivity (Wildman–Crippen MR) is 82.9 cm³/mol. The second-order valence-corrected chi connectivity index (χ2v) is 4.53. The smallest absolute Gasteiger partial charge is 0.0236 e. The second kappa shape index (κ2) is 9.62. The summed E-state index contributed by atoms with van der Waals surface area (Å²) in [6, 6.07) is 11.6. The normalized spacial score (nSPS) is 15.9. The van der Waals surface area contributed by atoms with Gasteiger partial charge in [0.2, 0.25) is 0 Å². The van der Waals surface area contributed by atoms with Gasteiger partial charge in [0.05, 0.1) is 0 Å². The predicted octanol–water partition coefficient (Wildman–Crippen LogP) is 3.10.